The molecule has 1 N–H and O–H groups in total. The summed E-state index contributed by atoms with van der Waals surface area (Å²) in [6.07, 6.45) is 8.41. The van der Waals surface area contributed by atoms with Crippen molar-refractivity contribution in [1.29, 1.82) is 0 Å². The van der Waals surface area contributed by atoms with Gasteiger partial charge in [0.2, 0.25) is 0 Å². The molecule has 0 aromatic heterocycles. The van der Waals surface area contributed by atoms with Crippen LogP contribution >= 0.6 is 0 Å². The van der Waals surface area contributed by atoms with Crippen LogP contribution in [-0.2, 0) is 4.79 Å². The number of carboxylic acid groups (broad SMARTS) is 1. The van der Waals surface area contributed by atoms with Gasteiger partial charge in [-0.25, -0.2) is 0 Å². The first kappa shape index (κ1) is 10.6. The van der Waals surface area contributed by atoms with Crippen LogP contribution in [0.25, 0.3) is 0 Å². The zero-order valence-corrected chi connectivity index (χ0v) is 9.82. The zero-order valence-electron chi connectivity index (χ0n) is 9.82. The fourth-order valence-electron chi connectivity index (χ4n) is 3.74. The Morgan fingerprint density at radius 2 is 1.94 bits per heavy atom. The Kier molecular flexibility index (Phi) is 2.46. The number of carboxylic acids is 1. The number of rotatable bonds is 4. The van der Waals surface area contributed by atoms with Crippen LogP contribution in [0.2, 0.25) is 0 Å². The Labute approximate surface area is 96.8 Å². The number of likely N-dealkylation sites (tertiary alicyclic amines) is 1. The van der Waals surface area contributed by atoms with Crippen molar-refractivity contribution in [2.75, 3.05) is 13.1 Å². The van der Waals surface area contributed by atoms with Crippen molar-refractivity contribution in [3.63, 3.8) is 0 Å². The molecular formula is C13H21NO2. The van der Waals surface area contributed by atoms with E-state index in [1.54, 1.807) is 0 Å². The lowest BCUT2D eigenvalue weighted by Gasteiger charge is -2.52. The van der Waals surface area contributed by atoms with Crippen LogP contribution in [0.4, 0.5) is 0 Å². The van der Waals surface area contributed by atoms with Crippen LogP contribution < -0.4 is 0 Å². The molecule has 0 amide bonds. The predicted molar refractivity (Wildman–Crippen MR) is 61.2 cm³/mol. The Balaban J connectivity index is 1.58. The topological polar surface area (TPSA) is 40.5 Å². The molecule has 2 saturated carbocycles. The van der Waals surface area contributed by atoms with E-state index in [4.69, 9.17) is 5.11 Å². The SMILES string of the molecule is O=C(O)CC(C1CC1)N1CC2(CCCC2)C1. The van der Waals surface area contributed by atoms with Gasteiger partial charge in [0.1, 0.15) is 0 Å². The molecule has 3 aliphatic rings. The third-order valence-electron chi connectivity index (χ3n) is 4.76. The predicted octanol–water partition coefficient (Wildman–Crippen LogP) is 2.12. The minimum absolute atomic E-state index is 0.351. The third kappa shape index (κ3) is 1.86. The molecule has 2 aliphatic carbocycles. The maximum Gasteiger partial charge on any atom is 0.304 e. The zero-order chi connectivity index (χ0) is 11.2. The van der Waals surface area contributed by atoms with Crippen molar-refractivity contribution in [2.45, 2.75) is 51.0 Å². The number of carbonyl (C=O) groups is 1. The lowest BCUT2D eigenvalue weighted by atomic mass is 9.76. The van der Waals surface area contributed by atoms with Crippen LogP contribution in [0.3, 0.4) is 0 Å². The average Bonchev–Trinajstić information content (AvgIpc) is 2.89. The normalized spacial score (nSPS) is 30.2. The summed E-state index contributed by atoms with van der Waals surface area (Å²) in [6.45, 7) is 2.36. The number of nitrogens with zero attached hydrogens (tertiary/aromatic N) is 1. The molecule has 90 valence electrons. The molecule has 16 heavy (non-hydrogen) atoms. The standard InChI is InChI=1S/C13H21NO2/c15-12(16)7-11(10-3-4-10)14-8-13(9-14)5-1-2-6-13/h10-11H,1-9H2,(H,15,16). The minimum Gasteiger partial charge on any atom is -0.481 e. The fourth-order valence-corrected chi connectivity index (χ4v) is 3.74. The van der Waals surface area contributed by atoms with Crippen LogP contribution in [0.15, 0.2) is 0 Å². The summed E-state index contributed by atoms with van der Waals surface area (Å²) in [5.74, 6) is 0.0686. The van der Waals surface area contributed by atoms with Crippen LogP contribution in [0.5, 0.6) is 0 Å². The summed E-state index contributed by atoms with van der Waals surface area (Å²) in [6, 6.07) is 0.351. The van der Waals surface area contributed by atoms with Gasteiger partial charge in [-0.1, -0.05) is 12.8 Å². The van der Waals surface area contributed by atoms with Crippen molar-refractivity contribution in [3.05, 3.63) is 0 Å². The summed E-state index contributed by atoms with van der Waals surface area (Å²) >= 11 is 0. The van der Waals surface area contributed by atoms with Gasteiger partial charge in [-0.05, 0) is 37.0 Å². The highest BCUT2D eigenvalue weighted by atomic mass is 16.4. The van der Waals surface area contributed by atoms with E-state index in [0.29, 0.717) is 23.8 Å². The second-order valence-corrected chi connectivity index (χ2v) is 6.11. The van der Waals surface area contributed by atoms with E-state index in [0.717, 1.165) is 0 Å². The molecule has 3 fully saturated rings. The highest BCUT2D eigenvalue weighted by molar-refractivity contribution is 5.67. The second-order valence-electron chi connectivity index (χ2n) is 6.11. The summed E-state index contributed by atoms with van der Waals surface area (Å²) in [7, 11) is 0. The Morgan fingerprint density at radius 3 is 2.44 bits per heavy atom. The van der Waals surface area contributed by atoms with E-state index in [1.165, 1.54) is 51.6 Å². The minimum atomic E-state index is -0.621. The molecule has 0 aromatic carbocycles. The van der Waals surface area contributed by atoms with Gasteiger partial charge in [0.25, 0.3) is 0 Å². The van der Waals surface area contributed by atoms with E-state index < -0.39 is 5.97 Å². The van der Waals surface area contributed by atoms with Gasteiger partial charge < -0.3 is 5.11 Å². The molecule has 1 spiro atoms. The van der Waals surface area contributed by atoms with Gasteiger partial charge in [0, 0.05) is 19.1 Å². The molecule has 0 bridgehead atoms. The number of aliphatic carboxylic acids is 1. The third-order valence-corrected chi connectivity index (χ3v) is 4.76. The maximum atomic E-state index is 10.9. The van der Waals surface area contributed by atoms with Gasteiger partial charge in [-0.3, -0.25) is 9.69 Å². The first-order chi connectivity index (χ1) is 7.69. The molecule has 3 rings (SSSR count). The van der Waals surface area contributed by atoms with Crippen LogP contribution in [0.1, 0.15) is 44.9 Å². The quantitative estimate of drug-likeness (QED) is 0.793. The molecule has 1 aliphatic heterocycles. The molecule has 1 saturated heterocycles. The monoisotopic (exact) mass is 223 g/mol. The highest BCUT2D eigenvalue weighted by Gasteiger charge is 2.49. The van der Waals surface area contributed by atoms with Gasteiger partial charge >= 0.3 is 5.97 Å². The molecule has 1 unspecified atom stereocenters. The Morgan fingerprint density at radius 1 is 1.31 bits per heavy atom. The molecule has 3 nitrogen and oxygen atoms in total. The van der Waals surface area contributed by atoms with Crippen molar-refractivity contribution < 1.29 is 9.90 Å². The Bertz CT molecular complexity index is 284. The van der Waals surface area contributed by atoms with Gasteiger partial charge in [-0.2, -0.15) is 0 Å². The second kappa shape index (κ2) is 3.73. The summed E-state index contributed by atoms with van der Waals surface area (Å²) < 4.78 is 0. The van der Waals surface area contributed by atoms with Crippen LogP contribution in [0, 0.1) is 11.3 Å². The lowest BCUT2D eigenvalue weighted by Crippen LogP contribution is -2.59. The van der Waals surface area contributed by atoms with Crippen molar-refractivity contribution in [2.24, 2.45) is 11.3 Å². The van der Waals surface area contributed by atoms with Gasteiger partial charge in [-0.15, -0.1) is 0 Å². The van der Waals surface area contributed by atoms with Crippen LogP contribution in [-0.4, -0.2) is 35.1 Å². The largest absolute Gasteiger partial charge is 0.481 e. The first-order valence-electron chi connectivity index (χ1n) is 6.64. The van der Waals surface area contributed by atoms with Crippen molar-refractivity contribution in [1.82, 2.24) is 4.90 Å². The molecule has 0 radical (unpaired) electrons. The van der Waals surface area contributed by atoms with E-state index >= 15 is 0 Å². The smallest absolute Gasteiger partial charge is 0.304 e. The summed E-state index contributed by atoms with van der Waals surface area (Å²) in [5.41, 5.74) is 0.603. The Hall–Kier alpha value is -0.570. The summed E-state index contributed by atoms with van der Waals surface area (Å²) in [4.78, 5) is 13.3. The van der Waals surface area contributed by atoms with E-state index in [2.05, 4.69) is 4.90 Å². The molecule has 3 heteroatoms. The average molecular weight is 223 g/mol. The first-order valence-corrected chi connectivity index (χ1v) is 6.64. The molecule has 1 atom stereocenters. The maximum absolute atomic E-state index is 10.9. The molecule has 0 aromatic rings. The van der Waals surface area contributed by atoms with E-state index in [9.17, 15) is 4.79 Å². The molecule has 1 heterocycles. The fraction of sp³-hybridized carbons (Fsp3) is 0.923. The highest BCUT2D eigenvalue weighted by Crippen LogP contribution is 2.49. The lowest BCUT2D eigenvalue weighted by molar-refractivity contribution is -0.140. The number of hydrogen-bond donors (Lipinski definition) is 1. The van der Waals surface area contributed by atoms with Gasteiger partial charge in [0.15, 0.2) is 0 Å². The summed E-state index contributed by atoms with van der Waals surface area (Å²) in [5, 5.41) is 8.96. The van der Waals surface area contributed by atoms with Crippen molar-refractivity contribution in [3.8, 4) is 0 Å². The molecular weight excluding hydrogens is 202 g/mol. The van der Waals surface area contributed by atoms with Gasteiger partial charge in [0.05, 0.1) is 6.42 Å². The van der Waals surface area contributed by atoms with E-state index in [1.807, 2.05) is 0 Å². The number of hydrogen-bond acceptors (Lipinski definition) is 2. The van der Waals surface area contributed by atoms with Crippen molar-refractivity contribution >= 4 is 5.97 Å². The van der Waals surface area contributed by atoms with E-state index in [-0.39, 0.29) is 0 Å².